The molecule has 1 atom stereocenters. The molecule has 0 saturated heterocycles. The molecule has 0 spiro atoms. The monoisotopic (exact) mass is 357 g/mol. The molecule has 120 valence electrons. The van der Waals surface area contributed by atoms with Gasteiger partial charge in [0.05, 0.1) is 5.75 Å². The summed E-state index contributed by atoms with van der Waals surface area (Å²) >= 11 is 0. The van der Waals surface area contributed by atoms with Crippen LogP contribution in [-0.2, 0) is 34.0 Å². The molecule has 0 aromatic rings. The molecule has 0 aromatic heterocycles. The van der Waals surface area contributed by atoms with Gasteiger partial charge in [-0.05, 0) is 10.9 Å². The molecule has 0 aromatic carbocycles. The first-order valence-corrected chi connectivity index (χ1v) is 8.34. The molecule has 0 bridgehead atoms. The van der Waals surface area contributed by atoms with Crippen LogP contribution in [-0.4, -0.2) is 47.4 Å². The van der Waals surface area contributed by atoms with Crippen LogP contribution in [0.1, 0.15) is 6.42 Å². The van der Waals surface area contributed by atoms with Gasteiger partial charge in [0, 0.05) is 18.7 Å². The number of amides is 2. The largest absolute Gasteiger partial charge is 1.00 e. The van der Waals surface area contributed by atoms with E-state index in [1.807, 2.05) is 0 Å². The Morgan fingerprint density at radius 3 is 2.09 bits per heavy atom. The van der Waals surface area contributed by atoms with Gasteiger partial charge in [-0.1, -0.05) is 8.16 Å². The van der Waals surface area contributed by atoms with E-state index < -0.39 is 43.4 Å². The van der Waals surface area contributed by atoms with Gasteiger partial charge in [-0.3, -0.25) is 14.5 Å². The van der Waals surface area contributed by atoms with E-state index in [1.165, 1.54) is 0 Å². The van der Waals surface area contributed by atoms with Crippen LogP contribution < -0.4 is 18.9 Å². The van der Waals surface area contributed by atoms with Gasteiger partial charge >= 0.3 is 24.6 Å². The van der Waals surface area contributed by atoms with Crippen molar-refractivity contribution in [1.29, 1.82) is 0 Å². The Balaban J connectivity index is 0.00000441. The second kappa shape index (κ2) is 8.11. The Labute approximate surface area is 136 Å². The zero-order chi connectivity index (χ0) is 16.3. The number of imide groups is 1. The Morgan fingerprint density at radius 2 is 1.68 bits per heavy atom. The molecule has 2 amide bonds. The number of rotatable bonds is 7. The van der Waals surface area contributed by atoms with E-state index in [0.717, 1.165) is 12.2 Å². The Bertz CT molecular complexity index is 668. The maximum absolute atomic E-state index is 12.2. The molecule has 1 rings (SSSR count). The van der Waals surface area contributed by atoms with Gasteiger partial charge in [0.2, 0.25) is 0 Å². The molecule has 14 heteroatoms. The van der Waals surface area contributed by atoms with Crippen LogP contribution in [0, 0.1) is 0 Å². The van der Waals surface area contributed by atoms with Crippen LogP contribution in [0.3, 0.4) is 0 Å². The molecule has 1 unspecified atom stereocenters. The van der Waals surface area contributed by atoms with E-state index in [0.29, 0.717) is 4.90 Å². The molecule has 1 aliphatic rings. The van der Waals surface area contributed by atoms with Crippen molar-refractivity contribution >= 4 is 31.8 Å². The van der Waals surface area contributed by atoms with Gasteiger partial charge in [-0.15, -0.1) is 0 Å². The summed E-state index contributed by atoms with van der Waals surface area (Å²) in [5.41, 5.74) is 0. The number of hydrogen-bond acceptors (Lipinski definition) is 6. The molecular formula is C8H9F3LiN2O6S2+. The Morgan fingerprint density at radius 1 is 1.18 bits per heavy atom. The van der Waals surface area contributed by atoms with Gasteiger partial charge in [0.25, 0.3) is 31.8 Å². The second-order valence-corrected chi connectivity index (χ2v) is 7.39. The SMILES string of the molecule is O=C1C=CC(=O)N1CCCS(=O)(=O)N=S(=O)(OF)C(F)F.[Li+]. The maximum Gasteiger partial charge on any atom is 1.00 e. The van der Waals surface area contributed by atoms with Gasteiger partial charge < -0.3 is 0 Å². The first-order valence-electron chi connectivity index (χ1n) is 5.23. The quantitative estimate of drug-likeness (QED) is 0.358. The summed E-state index contributed by atoms with van der Waals surface area (Å²) in [4.78, 5) is 23.0. The summed E-state index contributed by atoms with van der Waals surface area (Å²) < 4.78 is 74.4. The van der Waals surface area contributed by atoms with Crippen molar-refractivity contribution in [2.45, 2.75) is 12.2 Å². The number of carbonyl (C=O) groups excluding carboxylic acids is 2. The normalized spacial score (nSPS) is 17.5. The van der Waals surface area contributed by atoms with Crippen molar-refractivity contribution < 1.29 is 58.8 Å². The van der Waals surface area contributed by atoms with Crippen LogP contribution in [0.4, 0.5) is 13.3 Å². The molecule has 0 saturated carbocycles. The zero-order valence-electron chi connectivity index (χ0n) is 11.1. The number of sulfonamides is 1. The maximum atomic E-state index is 12.2. The van der Waals surface area contributed by atoms with E-state index in [9.17, 15) is 35.5 Å². The summed E-state index contributed by atoms with van der Waals surface area (Å²) in [7, 11) is -9.98. The molecule has 0 fully saturated rings. The van der Waals surface area contributed by atoms with E-state index in [4.69, 9.17) is 0 Å². The second-order valence-electron chi connectivity index (χ2n) is 3.71. The van der Waals surface area contributed by atoms with Crippen LogP contribution in [0.25, 0.3) is 0 Å². The molecule has 1 aliphatic heterocycles. The summed E-state index contributed by atoms with van der Waals surface area (Å²) in [6.45, 7) is -0.314. The third-order valence-corrected chi connectivity index (χ3v) is 5.39. The molecular weight excluding hydrogens is 348 g/mol. The number of alkyl halides is 2. The molecule has 22 heavy (non-hydrogen) atoms. The molecule has 1 heterocycles. The van der Waals surface area contributed by atoms with Crippen molar-refractivity contribution in [3.8, 4) is 0 Å². The van der Waals surface area contributed by atoms with E-state index >= 15 is 0 Å². The van der Waals surface area contributed by atoms with E-state index in [-0.39, 0.29) is 31.8 Å². The fraction of sp³-hybridized carbons (Fsp3) is 0.500. The van der Waals surface area contributed by atoms with Crippen LogP contribution in [0.2, 0.25) is 0 Å². The van der Waals surface area contributed by atoms with Crippen molar-refractivity contribution in [3.05, 3.63) is 12.2 Å². The van der Waals surface area contributed by atoms with Gasteiger partial charge in [-0.25, -0.2) is 12.6 Å². The van der Waals surface area contributed by atoms with E-state index in [1.54, 1.807) is 0 Å². The van der Waals surface area contributed by atoms with Gasteiger partial charge in [-0.2, -0.15) is 8.78 Å². The van der Waals surface area contributed by atoms with E-state index in [2.05, 4.69) is 8.16 Å². The van der Waals surface area contributed by atoms with Gasteiger partial charge in [0.15, 0.2) is 0 Å². The standard InChI is InChI=1S/C8H9F3N2O6S2.Li/c9-8(10)21(18,19-11)12-20(16,17)5-1-4-13-6(14)2-3-7(13)15;/h2-3,8H,1,4-5H2;/q;+1. The Hall–Kier alpha value is -0.873. The van der Waals surface area contributed by atoms with Crippen molar-refractivity contribution in [2.24, 2.45) is 3.77 Å². The first kappa shape index (κ1) is 21.1. The summed E-state index contributed by atoms with van der Waals surface area (Å²) in [5, 5.41) is 0. The predicted molar refractivity (Wildman–Crippen MR) is 63.0 cm³/mol. The molecule has 0 N–H and O–H groups in total. The summed E-state index contributed by atoms with van der Waals surface area (Å²) in [5.74, 6) is -6.18. The molecule has 0 radical (unpaired) electrons. The third-order valence-electron chi connectivity index (χ3n) is 2.22. The number of halogens is 3. The fourth-order valence-electron chi connectivity index (χ4n) is 1.32. The molecule has 0 aliphatic carbocycles. The molecule has 8 nitrogen and oxygen atoms in total. The minimum atomic E-state index is -5.30. The minimum absolute atomic E-state index is 0. The topological polar surface area (TPSA) is 110 Å². The predicted octanol–water partition coefficient (Wildman–Crippen LogP) is -2.86. The first-order chi connectivity index (χ1) is 9.61. The number of hydrogen-bond donors (Lipinski definition) is 0. The van der Waals surface area contributed by atoms with Crippen LogP contribution >= 0.6 is 0 Å². The fourth-order valence-corrected chi connectivity index (χ4v) is 3.79. The minimum Gasteiger partial charge on any atom is -0.275 e. The Kier molecular flexibility index (Phi) is 7.79. The van der Waals surface area contributed by atoms with Crippen molar-refractivity contribution in [1.82, 2.24) is 4.90 Å². The average molecular weight is 357 g/mol. The summed E-state index contributed by atoms with van der Waals surface area (Å²) in [6, 6.07) is 0. The average Bonchev–Trinajstić information content (AvgIpc) is 2.69. The number of carbonyl (C=O) groups is 2. The third kappa shape index (κ3) is 5.40. The van der Waals surface area contributed by atoms with Crippen LogP contribution in [0.5, 0.6) is 0 Å². The van der Waals surface area contributed by atoms with Crippen LogP contribution in [0.15, 0.2) is 15.9 Å². The zero-order valence-corrected chi connectivity index (χ0v) is 12.8. The van der Waals surface area contributed by atoms with Gasteiger partial charge in [0.1, 0.15) is 0 Å². The smallest absolute Gasteiger partial charge is 0.275 e. The van der Waals surface area contributed by atoms with Crippen molar-refractivity contribution in [2.75, 3.05) is 12.3 Å². The summed E-state index contributed by atoms with van der Waals surface area (Å²) in [6.07, 6.45) is 1.60. The van der Waals surface area contributed by atoms with Crippen molar-refractivity contribution in [3.63, 3.8) is 0 Å². The number of nitrogens with zero attached hydrogens (tertiary/aromatic N) is 2.